The SMILES string of the molecule is CN1CCCC1COc1nc(N2CCN(C(=O)O)C(CC#N)C2)c2cnc(-c3cccc4ccsc34)c(F)c2n1. The number of likely N-dealkylation sites (tertiary alicyclic amines) is 1. The van der Waals surface area contributed by atoms with Gasteiger partial charge in [-0.2, -0.15) is 15.2 Å². The first-order valence-electron chi connectivity index (χ1n) is 13.2. The smallest absolute Gasteiger partial charge is 0.407 e. The Balaban J connectivity index is 1.44. The van der Waals surface area contributed by atoms with Crippen molar-refractivity contribution in [2.24, 2.45) is 0 Å². The lowest BCUT2D eigenvalue weighted by atomic mass is 10.1. The van der Waals surface area contributed by atoms with Crippen molar-refractivity contribution in [2.45, 2.75) is 31.3 Å². The molecule has 2 saturated heterocycles. The van der Waals surface area contributed by atoms with Crippen molar-refractivity contribution >= 4 is 44.2 Å². The first-order valence-corrected chi connectivity index (χ1v) is 14.1. The number of carboxylic acid groups (broad SMARTS) is 1. The van der Waals surface area contributed by atoms with E-state index in [-0.39, 0.29) is 42.8 Å². The molecule has 4 aromatic rings. The van der Waals surface area contributed by atoms with Crippen molar-refractivity contribution in [3.63, 3.8) is 0 Å². The van der Waals surface area contributed by atoms with Gasteiger partial charge in [0.15, 0.2) is 5.82 Å². The Kier molecular flexibility index (Phi) is 7.08. The number of nitriles is 1. The highest BCUT2D eigenvalue weighted by molar-refractivity contribution is 7.17. The van der Waals surface area contributed by atoms with E-state index < -0.39 is 18.0 Å². The van der Waals surface area contributed by atoms with Crippen LogP contribution in [0.5, 0.6) is 6.01 Å². The summed E-state index contributed by atoms with van der Waals surface area (Å²) in [5.74, 6) is -0.150. The third-order valence-electron chi connectivity index (χ3n) is 7.81. The van der Waals surface area contributed by atoms with Gasteiger partial charge in [-0.05, 0) is 43.3 Å². The van der Waals surface area contributed by atoms with Crippen molar-refractivity contribution in [1.29, 1.82) is 5.26 Å². The molecule has 2 aliphatic heterocycles. The molecule has 10 nitrogen and oxygen atoms in total. The molecule has 6 rings (SSSR count). The molecule has 12 heteroatoms. The van der Waals surface area contributed by atoms with Crippen LogP contribution in [0.4, 0.5) is 15.0 Å². The molecule has 0 radical (unpaired) electrons. The quantitative estimate of drug-likeness (QED) is 0.360. The summed E-state index contributed by atoms with van der Waals surface area (Å²) in [6.07, 6.45) is 2.62. The van der Waals surface area contributed by atoms with Crippen LogP contribution in [-0.4, -0.2) is 87.9 Å². The highest BCUT2D eigenvalue weighted by Gasteiger charge is 2.33. The van der Waals surface area contributed by atoms with Crippen LogP contribution in [0.1, 0.15) is 19.3 Å². The van der Waals surface area contributed by atoms with E-state index in [0.29, 0.717) is 29.9 Å². The largest absolute Gasteiger partial charge is 0.465 e. The number of ether oxygens (including phenoxy) is 1. The number of thiophene rings is 1. The van der Waals surface area contributed by atoms with E-state index in [1.807, 2.05) is 41.6 Å². The second-order valence-electron chi connectivity index (χ2n) is 10.2. The number of likely N-dealkylation sites (N-methyl/N-ethyl adjacent to an activating group) is 1. The topological polar surface area (TPSA) is 119 Å². The van der Waals surface area contributed by atoms with Crippen molar-refractivity contribution in [3.05, 3.63) is 41.7 Å². The summed E-state index contributed by atoms with van der Waals surface area (Å²) in [6, 6.07) is 9.51. The fourth-order valence-corrected chi connectivity index (χ4v) is 6.55. The van der Waals surface area contributed by atoms with Gasteiger partial charge in [0.2, 0.25) is 0 Å². The van der Waals surface area contributed by atoms with E-state index in [9.17, 15) is 15.2 Å². The van der Waals surface area contributed by atoms with Crippen LogP contribution in [-0.2, 0) is 0 Å². The summed E-state index contributed by atoms with van der Waals surface area (Å²) >= 11 is 1.53. The molecule has 206 valence electrons. The van der Waals surface area contributed by atoms with Crippen LogP contribution in [0.25, 0.3) is 32.2 Å². The van der Waals surface area contributed by atoms with Gasteiger partial charge < -0.3 is 24.5 Å². The maximum absolute atomic E-state index is 16.3. The van der Waals surface area contributed by atoms with Crippen molar-refractivity contribution < 1.29 is 19.0 Å². The molecule has 2 fully saturated rings. The number of halogens is 1. The Bertz CT molecular complexity index is 1620. The lowest BCUT2D eigenvalue weighted by molar-refractivity contribution is 0.119. The Morgan fingerprint density at radius 2 is 2.12 bits per heavy atom. The molecular formula is C28H28FN7O3S. The number of rotatable bonds is 6. The average Bonchev–Trinajstić information content (AvgIpc) is 3.60. The third-order valence-corrected chi connectivity index (χ3v) is 8.77. The number of fused-ring (bicyclic) bond motifs is 2. The van der Waals surface area contributed by atoms with Crippen molar-refractivity contribution in [1.82, 2.24) is 24.8 Å². The number of benzene rings is 1. The highest BCUT2D eigenvalue weighted by Crippen LogP contribution is 2.37. The highest BCUT2D eigenvalue weighted by atomic mass is 32.1. The number of pyridine rings is 1. The lowest BCUT2D eigenvalue weighted by Gasteiger charge is -2.39. The van der Waals surface area contributed by atoms with Crippen LogP contribution >= 0.6 is 11.3 Å². The predicted molar refractivity (Wildman–Crippen MR) is 150 cm³/mol. The van der Waals surface area contributed by atoms with Gasteiger partial charge in [0.25, 0.3) is 0 Å². The van der Waals surface area contributed by atoms with Gasteiger partial charge >= 0.3 is 12.1 Å². The molecule has 1 amide bonds. The van der Waals surface area contributed by atoms with Gasteiger partial charge in [0.1, 0.15) is 23.6 Å². The summed E-state index contributed by atoms with van der Waals surface area (Å²) in [5.41, 5.74) is 0.979. The van der Waals surface area contributed by atoms with Gasteiger partial charge in [0, 0.05) is 42.1 Å². The fraction of sp³-hybridized carbons (Fsp3) is 0.393. The average molecular weight is 562 g/mol. The first-order chi connectivity index (χ1) is 19.4. The van der Waals surface area contributed by atoms with E-state index in [1.165, 1.54) is 16.2 Å². The molecule has 0 spiro atoms. The molecule has 0 bridgehead atoms. The molecule has 2 aliphatic rings. The number of hydrogen-bond donors (Lipinski definition) is 1. The van der Waals surface area contributed by atoms with Crippen LogP contribution in [0, 0.1) is 17.1 Å². The van der Waals surface area contributed by atoms with Crippen molar-refractivity contribution in [2.75, 3.05) is 44.7 Å². The van der Waals surface area contributed by atoms with E-state index in [1.54, 1.807) is 6.20 Å². The summed E-state index contributed by atoms with van der Waals surface area (Å²) in [5, 5.41) is 22.3. The Labute approximate surface area is 234 Å². The molecule has 40 heavy (non-hydrogen) atoms. The number of piperazine rings is 1. The molecule has 2 unspecified atom stereocenters. The van der Waals surface area contributed by atoms with Crippen LogP contribution in [0.15, 0.2) is 35.8 Å². The normalized spacial score (nSPS) is 19.8. The lowest BCUT2D eigenvalue weighted by Crippen LogP contribution is -2.55. The van der Waals surface area contributed by atoms with Gasteiger partial charge in [-0.1, -0.05) is 18.2 Å². The fourth-order valence-electron chi connectivity index (χ4n) is 5.63. The Morgan fingerprint density at radius 3 is 2.90 bits per heavy atom. The van der Waals surface area contributed by atoms with Gasteiger partial charge in [0.05, 0.1) is 23.9 Å². The monoisotopic (exact) mass is 561 g/mol. The number of hydrogen-bond acceptors (Lipinski definition) is 9. The minimum absolute atomic E-state index is 0.0325. The van der Waals surface area contributed by atoms with E-state index in [2.05, 4.69) is 25.9 Å². The zero-order chi connectivity index (χ0) is 27.8. The first kappa shape index (κ1) is 26.2. The number of aromatic nitrogens is 3. The standard InChI is InChI=1S/C28H28FN7O3S/c1-34-10-3-5-19(34)16-39-27-32-24-21(26(33-27)35-11-12-36(28(37)38)18(15-35)7-9-30)14-31-23(22(24)29)20-6-2-4-17-8-13-40-25(17)20/h2,4,6,8,13-14,18-19H,3,5,7,10-12,15-16H2,1H3,(H,37,38). The Morgan fingerprint density at radius 1 is 1.25 bits per heavy atom. The number of amides is 1. The van der Waals surface area contributed by atoms with Crippen molar-refractivity contribution in [3.8, 4) is 23.3 Å². The van der Waals surface area contributed by atoms with E-state index in [4.69, 9.17) is 4.74 Å². The molecular weight excluding hydrogens is 533 g/mol. The van der Waals surface area contributed by atoms with Crippen LogP contribution in [0.2, 0.25) is 0 Å². The summed E-state index contributed by atoms with van der Waals surface area (Å²) < 4.78 is 23.3. The molecule has 0 aliphatic carbocycles. The van der Waals surface area contributed by atoms with E-state index >= 15 is 4.39 Å². The molecule has 2 atom stereocenters. The minimum Gasteiger partial charge on any atom is -0.465 e. The Hall–Kier alpha value is -4.08. The summed E-state index contributed by atoms with van der Waals surface area (Å²) in [4.78, 5) is 30.9. The number of carbonyl (C=O) groups is 1. The molecule has 1 aromatic carbocycles. The second-order valence-corrected chi connectivity index (χ2v) is 11.1. The van der Waals surface area contributed by atoms with Gasteiger partial charge in [-0.15, -0.1) is 11.3 Å². The maximum atomic E-state index is 16.3. The van der Waals surface area contributed by atoms with Crippen LogP contribution in [0.3, 0.4) is 0 Å². The number of anilines is 1. The molecule has 1 N–H and O–H groups in total. The minimum atomic E-state index is -1.07. The predicted octanol–water partition coefficient (Wildman–Crippen LogP) is 4.60. The molecule has 5 heterocycles. The van der Waals surface area contributed by atoms with Gasteiger partial charge in [-0.25, -0.2) is 9.18 Å². The molecule has 3 aromatic heterocycles. The summed E-state index contributed by atoms with van der Waals surface area (Å²) in [7, 11) is 2.05. The van der Waals surface area contributed by atoms with Gasteiger partial charge in [-0.3, -0.25) is 4.98 Å². The zero-order valence-electron chi connectivity index (χ0n) is 22.0. The third kappa shape index (κ3) is 4.76. The van der Waals surface area contributed by atoms with E-state index in [0.717, 1.165) is 29.5 Å². The summed E-state index contributed by atoms with van der Waals surface area (Å²) in [6.45, 7) is 2.10. The van der Waals surface area contributed by atoms with Crippen LogP contribution < -0.4 is 9.64 Å². The maximum Gasteiger partial charge on any atom is 0.407 e. The molecule has 0 saturated carbocycles. The second kappa shape index (κ2) is 10.8. The number of nitrogens with zero attached hydrogens (tertiary/aromatic N) is 7. The zero-order valence-corrected chi connectivity index (χ0v) is 22.8.